The van der Waals surface area contributed by atoms with Crippen LogP contribution in [-0.2, 0) is 11.3 Å². The number of nitrogens with two attached hydrogens (primary N) is 1. The summed E-state index contributed by atoms with van der Waals surface area (Å²) >= 11 is 0. The van der Waals surface area contributed by atoms with Crippen molar-refractivity contribution in [2.45, 2.75) is 58.8 Å². The number of rotatable bonds is 10. The number of aliphatic hydroxyl groups excluding tert-OH is 1. The topological polar surface area (TPSA) is 97.3 Å². The third kappa shape index (κ3) is 6.95. The lowest BCUT2D eigenvalue weighted by Gasteiger charge is -2.40. The van der Waals surface area contributed by atoms with Crippen LogP contribution in [0.15, 0.2) is 48.5 Å². The first-order valence-electron chi connectivity index (χ1n) is 12.2. The first-order chi connectivity index (χ1) is 17.4. The van der Waals surface area contributed by atoms with E-state index in [4.69, 9.17) is 5.73 Å². The number of halogens is 3. The second-order valence-corrected chi connectivity index (χ2v) is 10.2. The molecule has 0 spiro atoms. The Balaban J connectivity index is 2.21. The summed E-state index contributed by atoms with van der Waals surface area (Å²) in [5.74, 6) is -1.64. The van der Waals surface area contributed by atoms with Gasteiger partial charge in [-0.1, -0.05) is 51.1 Å². The van der Waals surface area contributed by atoms with E-state index in [0.29, 0.717) is 5.82 Å². The third-order valence-electron chi connectivity index (χ3n) is 6.00. The van der Waals surface area contributed by atoms with Crippen LogP contribution in [0.2, 0.25) is 0 Å². The molecule has 1 unspecified atom stereocenters. The van der Waals surface area contributed by atoms with Crippen LogP contribution in [0.1, 0.15) is 51.5 Å². The summed E-state index contributed by atoms with van der Waals surface area (Å²) in [5, 5.41) is 14.7. The van der Waals surface area contributed by atoms with Crippen LogP contribution in [0.25, 0.3) is 11.4 Å². The Morgan fingerprint density at radius 3 is 2.43 bits per heavy atom. The van der Waals surface area contributed by atoms with E-state index in [0.717, 1.165) is 23.8 Å². The average Bonchev–Trinajstić information content (AvgIpc) is 3.24. The highest BCUT2D eigenvalue weighted by atomic mass is 19.1. The molecule has 0 saturated heterocycles. The van der Waals surface area contributed by atoms with E-state index in [-0.39, 0.29) is 30.9 Å². The molecule has 3 atom stereocenters. The van der Waals surface area contributed by atoms with Crippen molar-refractivity contribution in [2.24, 2.45) is 11.1 Å². The minimum atomic E-state index is -1.34. The van der Waals surface area contributed by atoms with Crippen LogP contribution in [0.5, 0.6) is 0 Å². The van der Waals surface area contributed by atoms with Gasteiger partial charge in [-0.25, -0.2) is 22.8 Å². The van der Waals surface area contributed by atoms with Gasteiger partial charge in [0.15, 0.2) is 11.6 Å². The van der Waals surface area contributed by atoms with Crippen LogP contribution in [-0.4, -0.2) is 56.0 Å². The molecule has 2 aromatic carbocycles. The van der Waals surface area contributed by atoms with Crippen molar-refractivity contribution in [3.8, 4) is 11.4 Å². The molecule has 3 rings (SSSR count). The number of aliphatic hydroxyl groups is 1. The summed E-state index contributed by atoms with van der Waals surface area (Å²) in [6.45, 7) is 6.56. The Bertz CT molecular complexity index is 1190. The van der Waals surface area contributed by atoms with Crippen molar-refractivity contribution in [1.82, 2.24) is 19.7 Å². The molecule has 0 bridgehead atoms. The number of nitrogens with zero attached hydrogens (tertiary/aromatic N) is 4. The van der Waals surface area contributed by atoms with Crippen LogP contribution >= 0.6 is 0 Å². The first-order valence-corrected chi connectivity index (χ1v) is 12.2. The van der Waals surface area contributed by atoms with E-state index < -0.39 is 47.8 Å². The molecule has 10 heteroatoms. The molecule has 0 radical (unpaired) electrons. The van der Waals surface area contributed by atoms with Gasteiger partial charge in [-0.2, -0.15) is 5.10 Å². The summed E-state index contributed by atoms with van der Waals surface area (Å²) in [7, 11) is 0. The molecule has 1 amide bonds. The van der Waals surface area contributed by atoms with Gasteiger partial charge in [0, 0.05) is 12.6 Å². The zero-order chi connectivity index (χ0) is 27.3. The Morgan fingerprint density at radius 1 is 1.16 bits per heavy atom. The van der Waals surface area contributed by atoms with Crippen molar-refractivity contribution in [2.75, 3.05) is 13.2 Å². The third-order valence-corrected chi connectivity index (χ3v) is 6.00. The van der Waals surface area contributed by atoms with Crippen molar-refractivity contribution in [1.29, 1.82) is 0 Å². The highest BCUT2D eigenvalue weighted by Crippen LogP contribution is 2.39. The standard InChI is InChI=1S/C27H34F3N5O2/c1-17(36)26(37)34(13-12-20(31)15-28)23(27(2,3)4)25-32-24(21-14-19(29)10-11-22(21)30)33-35(25)16-18-8-6-5-7-9-18/h5-11,14,17,20,23,36H,12-13,15-16,31H2,1-4H3/t17-,20+,23?/m0/s1. The molecular formula is C27H34F3N5O2. The number of hydrogen-bond acceptors (Lipinski definition) is 5. The summed E-state index contributed by atoms with van der Waals surface area (Å²) in [5.41, 5.74) is 5.91. The fraction of sp³-hybridized carbons (Fsp3) is 0.444. The highest BCUT2D eigenvalue weighted by molar-refractivity contribution is 5.80. The molecule has 0 aliphatic heterocycles. The minimum Gasteiger partial charge on any atom is -0.384 e. The highest BCUT2D eigenvalue weighted by Gasteiger charge is 2.40. The Hall–Kier alpha value is -3.24. The van der Waals surface area contributed by atoms with Gasteiger partial charge in [-0.3, -0.25) is 4.79 Å². The predicted molar refractivity (Wildman–Crippen MR) is 135 cm³/mol. The fourth-order valence-corrected chi connectivity index (χ4v) is 4.19. The summed E-state index contributed by atoms with van der Waals surface area (Å²) in [6.07, 6.45) is -1.18. The van der Waals surface area contributed by atoms with Gasteiger partial charge >= 0.3 is 0 Å². The molecular weight excluding hydrogens is 483 g/mol. The van der Waals surface area contributed by atoms with E-state index in [1.807, 2.05) is 51.1 Å². The number of carbonyl (C=O) groups is 1. The smallest absolute Gasteiger partial charge is 0.251 e. The number of benzene rings is 2. The maximum absolute atomic E-state index is 14.7. The van der Waals surface area contributed by atoms with Crippen molar-refractivity contribution >= 4 is 5.91 Å². The molecule has 3 N–H and O–H groups in total. The number of hydrogen-bond donors (Lipinski definition) is 2. The summed E-state index contributed by atoms with van der Waals surface area (Å²) in [6, 6.07) is 10.9. The fourth-order valence-electron chi connectivity index (χ4n) is 4.19. The Labute approximate surface area is 215 Å². The van der Waals surface area contributed by atoms with Crippen LogP contribution < -0.4 is 5.73 Å². The minimum absolute atomic E-state index is 0.0397. The Morgan fingerprint density at radius 2 is 1.84 bits per heavy atom. The first kappa shape index (κ1) is 28.3. The van der Waals surface area contributed by atoms with Gasteiger partial charge in [0.05, 0.1) is 18.2 Å². The quantitative estimate of drug-likeness (QED) is 0.419. The van der Waals surface area contributed by atoms with Crippen LogP contribution in [0, 0.1) is 17.0 Å². The van der Waals surface area contributed by atoms with Crippen LogP contribution in [0.3, 0.4) is 0 Å². The van der Waals surface area contributed by atoms with Crippen molar-refractivity contribution in [3.05, 3.63) is 71.6 Å². The predicted octanol–water partition coefficient (Wildman–Crippen LogP) is 4.26. The van der Waals surface area contributed by atoms with E-state index in [1.165, 1.54) is 11.8 Å². The monoisotopic (exact) mass is 517 g/mol. The second-order valence-electron chi connectivity index (χ2n) is 10.2. The molecule has 7 nitrogen and oxygen atoms in total. The summed E-state index contributed by atoms with van der Waals surface area (Å²) < 4.78 is 43.4. The lowest BCUT2D eigenvalue weighted by molar-refractivity contribution is -0.145. The maximum Gasteiger partial charge on any atom is 0.251 e. The van der Waals surface area contributed by atoms with Gasteiger partial charge in [0.1, 0.15) is 24.4 Å². The number of carbonyl (C=O) groups excluding carboxylic acids is 1. The van der Waals surface area contributed by atoms with Crippen molar-refractivity contribution in [3.63, 3.8) is 0 Å². The number of aromatic nitrogens is 3. The largest absolute Gasteiger partial charge is 0.384 e. The van der Waals surface area contributed by atoms with Gasteiger partial charge in [-0.15, -0.1) is 0 Å². The molecule has 3 aromatic rings. The molecule has 37 heavy (non-hydrogen) atoms. The average molecular weight is 518 g/mol. The Kier molecular flexibility index (Phi) is 9.09. The van der Waals surface area contributed by atoms with Gasteiger partial charge < -0.3 is 15.7 Å². The number of amides is 1. The SMILES string of the molecule is C[C@H](O)C(=O)N(CC[C@@H](N)CF)C(c1nc(-c2cc(F)ccc2F)nn1Cc1ccccc1)C(C)(C)C. The molecule has 0 saturated carbocycles. The van der Waals surface area contributed by atoms with E-state index in [2.05, 4.69) is 10.1 Å². The van der Waals surface area contributed by atoms with Crippen LogP contribution in [0.4, 0.5) is 13.2 Å². The van der Waals surface area contributed by atoms with Gasteiger partial charge in [0.2, 0.25) is 0 Å². The molecule has 0 aliphatic rings. The van der Waals surface area contributed by atoms with E-state index >= 15 is 0 Å². The molecule has 1 aromatic heterocycles. The summed E-state index contributed by atoms with van der Waals surface area (Å²) in [4.78, 5) is 19.3. The number of alkyl halides is 1. The maximum atomic E-state index is 14.7. The second kappa shape index (κ2) is 11.9. The van der Waals surface area contributed by atoms with E-state index in [1.54, 1.807) is 4.68 Å². The van der Waals surface area contributed by atoms with Gasteiger partial charge in [-0.05, 0) is 42.5 Å². The zero-order valence-corrected chi connectivity index (χ0v) is 21.5. The molecule has 1 heterocycles. The molecule has 0 aliphatic carbocycles. The van der Waals surface area contributed by atoms with E-state index in [9.17, 15) is 23.1 Å². The normalized spacial score (nSPS) is 14.3. The zero-order valence-electron chi connectivity index (χ0n) is 21.5. The molecule has 200 valence electrons. The lowest BCUT2D eigenvalue weighted by Crippen LogP contribution is -2.47. The van der Waals surface area contributed by atoms with Gasteiger partial charge in [0.25, 0.3) is 5.91 Å². The molecule has 0 fully saturated rings. The van der Waals surface area contributed by atoms with Crippen molar-refractivity contribution < 1.29 is 23.1 Å². The lowest BCUT2D eigenvalue weighted by atomic mass is 9.84.